The maximum absolute atomic E-state index is 11.6. The van der Waals surface area contributed by atoms with E-state index in [1.807, 2.05) is 16.8 Å². The summed E-state index contributed by atoms with van der Waals surface area (Å²) in [4.78, 5) is 11.6. The molecule has 0 bridgehead atoms. The van der Waals surface area contributed by atoms with Crippen LogP contribution in [0.5, 0.6) is 0 Å². The molecule has 1 aliphatic heterocycles. The van der Waals surface area contributed by atoms with Gasteiger partial charge in [0.1, 0.15) is 0 Å². The minimum atomic E-state index is 0.150. The van der Waals surface area contributed by atoms with Crippen LogP contribution in [0.2, 0.25) is 0 Å². The Morgan fingerprint density at radius 3 is 3.00 bits per heavy atom. The van der Waals surface area contributed by atoms with Crippen LogP contribution in [0.15, 0.2) is 16.8 Å². The molecule has 0 unspecified atom stereocenters. The second-order valence-electron chi connectivity index (χ2n) is 4.29. The summed E-state index contributed by atoms with van der Waals surface area (Å²) >= 11 is 1.60. The maximum atomic E-state index is 11.6. The average Bonchev–Trinajstić information content (AvgIpc) is 2.81. The largest absolute Gasteiger partial charge is 0.325 e. The quantitative estimate of drug-likeness (QED) is 0.846. The minimum Gasteiger partial charge on any atom is -0.325 e. The standard InChI is InChI=1S/C12H18N2OS/c15-12(14-11-5-8-16-9-11)2-1-10-3-6-13-7-4-10/h5,8-10,13H,1-4,6-7H2,(H,14,15). The van der Waals surface area contributed by atoms with E-state index in [4.69, 9.17) is 0 Å². The summed E-state index contributed by atoms with van der Waals surface area (Å²) in [5, 5.41) is 10.2. The molecule has 16 heavy (non-hydrogen) atoms. The van der Waals surface area contributed by atoms with Gasteiger partial charge in [-0.1, -0.05) is 0 Å². The molecule has 2 heterocycles. The van der Waals surface area contributed by atoms with E-state index < -0.39 is 0 Å². The molecule has 0 saturated carbocycles. The third-order valence-electron chi connectivity index (χ3n) is 3.04. The first-order valence-electron chi connectivity index (χ1n) is 5.87. The predicted octanol–water partition coefficient (Wildman–Crippen LogP) is 2.47. The van der Waals surface area contributed by atoms with Crippen molar-refractivity contribution in [2.75, 3.05) is 18.4 Å². The summed E-state index contributed by atoms with van der Waals surface area (Å²) in [7, 11) is 0. The topological polar surface area (TPSA) is 41.1 Å². The van der Waals surface area contributed by atoms with Crippen molar-refractivity contribution in [3.05, 3.63) is 16.8 Å². The van der Waals surface area contributed by atoms with Gasteiger partial charge in [0, 0.05) is 11.8 Å². The van der Waals surface area contributed by atoms with Crippen LogP contribution in [0.1, 0.15) is 25.7 Å². The number of piperidine rings is 1. The lowest BCUT2D eigenvalue weighted by Gasteiger charge is -2.22. The van der Waals surface area contributed by atoms with Crippen LogP contribution in [0.25, 0.3) is 0 Å². The molecular weight excluding hydrogens is 220 g/mol. The molecule has 0 aliphatic carbocycles. The van der Waals surface area contributed by atoms with Crippen LogP contribution in [0, 0.1) is 5.92 Å². The molecule has 2 N–H and O–H groups in total. The molecule has 1 aliphatic rings. The molecule has 3 nitrogen and oxygen atoms in total. The Bertz CT molecular complexity index is 318. The van der Waals surface area contributed by atoms with Gasteiger partial charge in [-0.05, 0) is 49.7 Å². The van der Waals surface area contributed by atoms with Crippen LogP contribution < -0.4 is 10.6 Å². The highest BCUT2D eigenvalue weighted by Crippen LogP contribution is 2.18. The summed E-state index contributed by atoms with van der Waals surface area (Å²) in [5.41, 5.74) is 0.931. The zero-order valence-corrected chi connectivity index (χ0v) is 10.2. The molecule has 1 aromatic rings. The third kappa shape index (κ3) is 3.61. The molecule has 1 saturated heterocycles. The highest BCUT2D eigenvalue weighted by molar-refractivity contribution is 7.08. The Morgan fingerprint density at radius 2 is 2.31 bits per heavy atom. The first-order valence-corrected chi connectivity index (χ1v) is 6.81. The number of nitrogens with one attached hydrogen (secondary N) is 2. The van der Waals surface area contributed by atoms with Gasteiger partial charge in [0.2, 0.25) is 5.91 Å². The van der Waals surface area contributed by atoms with Gasteiger partial charge in [0.25, 0.3) is 0 Å². The molecule has 2 rings (SSSR count). The zero-order chi connectivity index (χ0) is 11.2. The Kier molecular flexibility index (Phi) is 4.36. The molecule has 4 heteroatoms. The summed E-state index contributed by atoms with van der Waals surface area (Å²) in [6.07, 6.45) is 4.11. The van der Waals surface area contributed by atoms with E-state index in [-0.39, 0.29) is 5.91 Å². The molecule has 88 valence electrons. The van der Waals surface area contributed by atoms with Crippen molar-refractivity contribution in [2.24, 2.45) is 5.92 Å². The van der Waals surface area contributed by atoms with Gasteiger partial charge >= 0.3 is 0 Å². The predicted molar refractivity (Wildman–Crippen MR) is 67.8 cm³/mol. The van der Waals surface area contributed by atoms with Crippen molar-refractivity contribution >= 4 is 22.9 Å². The summed E-state index contributed by atoms with van der Waals surface area (Å²) in [6, 6.07) is 1.94. The number of amides is 1. The van der Waals surface area contributed by atoms with Crippen LogP contribution in [-0.2, 0) is 4.79 Å². The van der Waals surface area contributed by atoms with Crippen molar-refractivity contribution in [2.45, 2.75) is 25.7 Å². The number of carbonyl (C=O) groups is 1. The molecule has 0 atom stereocenters. The van der Waals surface area contributed by atoms with Crippen LogP contribution >= 0.6 is 11.3 Å². The second kappa shape index (κ2) is 6.01. The SMILES string of the molecule is O=C(CCC1CCNCC1)Nc1ccsc1. The monoisotopic (exact) mass is 238 g/mol. The lowest BCUT2D eigenvalue weighted by atomic mass is 9.93. The number of carbonyl (C=O) groups excluding carboxylic acids is 1. The van der Waals surface area contributed by atoms with Crippen molar-refractivity contribution in [1.29, 1.82) is 0 Å². The fraction of sp³-hybridized carbons (Fsp3) is 0.583. The lowest BCUT2D eigenvalue weighted by Crippen LogP contribution is -2.28. The van der Waals surface area contributed by atoms with Gasteiger partial charge in [0.15, 0.2) is 0 Å². The van der Waals surface area contributed by atoms with E-state index in [0.717, 1.165) is 31.1 Å². The van der Waals surface area contributed by atoms with Crippen molar-refractivity contribution in [3.8, 4) is 0 Å². The van der Waals surface area contributed by atoms with Crippen molar-refractivity contribution < 1.29 is 4.79 Å². The van der Waals surface area contributed by atoms with E-state index >= 15 is 0 Å². The van der Waals surface area contributed by atoms with Gasteiger partial charge in [-0.25, -0.2) is 0 Å². The Hall–Kier alpha value is -0.870. The van der Waals surface area contributed by atoms with Crippen LogP contribution in [-0.4, -0.2) is 19.0 Å². The van der Waals surface area contributed by atoms with Gasteiger partial charge in [-0.2, -0.15) is 11.3 Å². The molecule has 1 aromatic heterocycles. The average molecular weight is 238 g/mol. The Balaban J connectivity index is 1.67. The molecular formula is C12H18N2OS. The first-order chi connectivity index (χ1) is 7.84. The molecule has 0 aromatic carbocycles. The van der Waals surface area contributed by atoms with E-state index in [2.05, 4.69) is 10.6 Å². The first kappa shape index (κ1) is 11.6. The smallest absolute Gasteiger partial charge is 0.224 e. The van der Waals surface area contributed by atoms with E-state index in [1.165, 1.54) is 12.8 Å². The van der Waals surface area contributed by atoms with Crippen molar-refractivity contribution in [1.82, 2.24) is 5.32 Å². The highest BCUT2D eigenvalue weighted by atomic mass is 32.1. The maximum Gasteiger partial charge on any atom is 0.224 e. The molecule has 1 amide bonds. The van der Waals surface area contributed by atoms with Gasteiger partial charge < -0.3 is 10.6 Å². The molecule has 0 spiro atoms. The van der Waals surface area contributed by atoms with Gasteiger partial charge in [-0.15, -0.1) is 0 Å². The van der Waals surface area contributed by atoms with Gasteiger partial charge in [-0.3, -0.25) is 4.79 Å². The number of hydrogen-bond donors (Lipinski definition) is 2. The highest BCUT2D eigenvalue weighted by Gasteiger charge is 2.14. The number of hydrogen-bond acceptors (Lipinski definition) is 3. The second-order valence-corrected chi connectivity index (χ2v) is 5.07. The fourth-order valence-electron chi connectivity index (χ4n) is 2.06. The zero-order valence-electron chi connectivity index (χ0n) is 9.37. The summed E-state index contributed by atoms with van der Waals surface area (Å²) < 4.78 is 0. The summed E-state index contributed by atoms with van der Waals surface area (Å²) in [5.74, 6) is 0.881. The van der Waals surface area contributed by atoms with E-state index in [0.29, 0.717) is 6.42 Å². The molecule has 0 radical (unpaired) electrons. The number of rotatable bonds is 4. The molecule has 1 fully saturated rings. The van der Waals surface area contributed by atoms with Gasteiger partial charge in [0.05, 0.1) is 5.69 Å². The number of thiophene rings is 1. The van der Waals surface area contributed by atoms with Crippen LogP contribution in [0.3, 0.4) is 0 Å². The van der Waals surface area contributed by atoms with E-state index in [9.17, 15) is 4.79 Å². The van der Waals surface area contributed by atoms with Crippen LogP contribution in [0.4, 0.5) is 5.69 Å². The lowest BCUT2D eigenvalue weighted by molar-refractivity contribution is -0.116. The number of anilines is 1. The third-order valence-corrected chi connectivity index (χ3v) is 3.73. The normalized spacial score (nSPS) is 17.2. The fourth-order valence-corrected chi connectivity index (χ4v) is 2.65. The Morgan fingerprint density at radius 1 is 1.50 bits per heavy atom. The minimum absolute atomic E-state index is 0.150. The summed E-state index contributed by atoms with van der Waals surface area (Å²) in [6.45, 7) is 2.22. The van der Waals surface area contributed by atoms with E-state index in [1.54, 1.807) is 11.3 Å². The van der Waals surface area contributed by atoms with Crippen molar-refractivity contribution in [3.63, 3.8) is 0 Å². The Labute approximate surface area is 100 Å².